The summed E-state index contributed by atoms with van der Waals surface area (Å²) in [5.41, 5.74) is 0. The largest absolute Gasteiger partial charge is 0.321 e. The number of nitrogens with zero attached hydrogens (tertiary/aromatic N) is 3. The maximum atomic E-state index is 12.0. The molecule has 5 heteroatoms. The lowest BCUT2D eigenvalue weighted by Crippen LogP contribution is -2.02. The van der Waals surface area contributed by atoms with Crippen molar-refractivity contribution >= 4 is 0 Å². The average Bonchev–Trinajstić information content (AvgIpc) is 2.35. The summed E-state index contributed by atoms with van der Waals surface area (Å²) in [5, 5.41) is 6.94. The number of alkyl halides is 2. The molecule has 0 aliphatic rings. The molecule has 0 N–H and O–H groups in total. The highest BCUT2D eigenvalue weighted by Crippen LogP contribution is 2.13. The van der Waals surface area contributed by atoms with Crippen molar-refractivity contribution in [1.29, 1.82) is 0 Å². The van der Waals surface area contributed by atoms with Crippen molar-refractivity contribution in [1.82, 2.24) is 14.8 Å². The van der Waals surface area contributed by atoms with Crippen molar-refractivity contribution in [2.24, 2.45) is 0 Å². The van der Waals surface area contributed by atoms with Crippen LogP contribution in [0.15, 0.2) is 0 Å². The topological polar surface area (TPSA) is 30.7 Å². The average molecular weight is 177 g/mol. The highest BCUT2D eigenvalue weighted by molar-refractivity contribution is 4.90. The van der Waals surface area contributed by atoms with E-state index in [2.05, 4.69) is 10.2 Å². The standard InChI is InChI=1S/C5H7F2N3.C2H6/c1-3-8-9-4(2)10(3)5(6)7;1-2/h5H,1-2H3;1-2H3. The van der Waals surface area contributed by atoms with Crippen LogP contribution in [0.5, 0.6) is 0 Å². The van der Waals surface area contributed by atoms with Crippen LogP contribution in [-0.4, -0.2) is 14.8 Å². The van der Waals surface area contributed by atoms with E-state index in [1.165, 1.54) is 13.8 Å². The zero-order valence-electron chi connectivity index (χ0n) is 7.67. The van der Waals surface area contributed by atoms with Gasteiger partial charge in [0.15, 0.2) is 0 Å². The van der Waals surface area contributed by atoms with Gasteiger partial charge in [0.1, 0.15) is 11.6 Å². The molecule has 0 bridgehead atoms. The fourth-order valence-electron chi connectivity index (χ4n) is 0.758. The van der Waals surface area contributed by atoms with Crippen LogP contribution in [0, 0.1) is 13.8 Å². The molecule has 0 unspecified atom stereocenters. The van der Waals surface area contributed by atoms with Gasteiger partial charge in [-0.3, -0.25) is 4.57 Å². The van der Waals surface area contributed by atoms with E-state index >= 15 is 0 Å². The first-order chi connectivity index (χ1) is 5.63. The van der Waals surface area contributed by atoms with E-state index in [9.17, 15) is 8.78 Å². The molecule has 0 spiro atoms. The molecule has 0 aliphatic carbocycles. The molecule has 0 aliphatic heterocycles. The van der Waals surface area contributed by atoms with Crippen LogP contribution in [0.3, 0.4) is 0 Å². The number of aryl methyl sites for hydroxylation is 2. The van der Waals surface area contributed by atoms with Crippen molar-refractivity contribution < 1.29 is 8.78 Å². The first kappa shape index (κ1) is 11.0. The number of rotatable bonds is 1. The van der Waals surface area contributed by atoms with Crippen LogP contribution in [0.2, 0.25) is 0 Å². The van der Waals surface area contributed by atoms with Crippen LogP contribution in [0.4, 0.5) is 8.78 Å². The fourth-order valence-corrected chi connectivity index (χ4v) is 0.758. The van der Waals surface area contributed by atoms with Crippen molar-refractivity contribution in [3.05, 3.63) is 11.6 Å². The van der Waals surface area contributed by atoms with Crippen LogP contribution in [0.25, 0.3) is 0 Å². The normalized spacial score (nSPS) is 9.58. The molecule has 0 fully saturated rings. The summed E-state index contributed by atoms with van der Waals surface area (Å²) in [5.74, 6) is 0.486. The lowest BCUT2D eigenvalue weighted by molar-refractivity contribution is 0.0655. The summed E-state index contributed by atoms with van der Waals surface area (Å²) in [6, 6.07) is 0. The Labute approximate surface area is 70.4 Å². The maximum absolute atomic E-state index is 12.0. The first-order valence-electron chi connectivity index (χ1n) is 3.79. The van der Waals surface area contributed by atoms with Gasteiger partial charge in [-0.2, -0.15) is 8.78 Å². The fraction of sp³-hybridized carbons (Fsp3) is 0.714. The van der Waals surface area contributed by atoms with Gasteiger partial charge in [0.05, 0.1) is 0 Å². The molecule has 70 valence electrons. The number of aromatic nitrogens is 3. The molecule has 0 aromatic carbocycles. The smallest absolute Gasteiger partial charge is 0.257 e. The van der Waals surface area contributed by atoms with E-state index in [0.29, 0.717) is 0 Å². The third-order valence-corrected chi connectivity index (χ3v) is 1.23. The second kappa shape index (κ2) is 4.79. The van der Waals surface area contributed by atoms with E-state index in [1.54, 1.807) is 0 Å². The minimum Gasteiger partial charge on any atom is -0.257 e. The second-order valence-electron chi connectivity index (χ2n) is 1.94. The summed E-state index contributed by atoms with van der Waals surface area (Å²) in [6.45, 7) is 4.45. The Morgan fingerprint density at radius 2 is 1.42 bits per heavy atom. The molecule has 0 radical (unpaired) electrons. The van der Waals surface area contributed by atoms with Crippen molar-refractivity contribution in [2.75, 3.05) is 0 Å². The Morgan fingerprint density at radius 3 is 1.58 bits per heavy atom. The van der Waals surface area contributed by atoms with E-state index < -0.39 is 6.55 Å². The Kier molecular flexibility index (Phi) is 4.39. The van der Waals surface area contributed by atoms with Crippen LogP contribution in [0.1, 0.15) is 32.0 Å². The van der Waals surface area contributed by atoms with E-state index in [-0.39, 0.29) is 11.6 Å². The molecule has 0 atom stereocenters. The molecular formula is C7H13F2N3. The zero-order valence-corrected chi connectivity index (χ0v) is 7.67. The summed E-state index contributed by atoms with van der Waals surface area (Å²) in [6.07, 6.45) is 0. The molecule has 1 aromatic heterocycles. The van der Waals surface area contributed by atoms with Crippen LogP contribution in [-0.2, 0) is 0 Å². The maximum Gasteiger partial charge on any atom is 0.321 e. The first-order valence-corrected chi connectivity index (χ1v) is 3.79. The molecule has 1 aromatic rings. The number of hydrogen-bond acceptors (Lipinski definition) is 2. The van der Waals surface area contributed by atoms with E-state index in [0.717, 1.165) is 4.57 Å². The van der Waals surface area contributed by atoms with Gasteiger partial charge < -0.3 is 0 Å². The van der Waals surface area contributed by atoms with Crippen molar-refractivity contribution in [3.8, 4) is 0 Å². The number of hydrogen-bond donors (Lipinski definition) is 0. The minimum absolute atomic E-state index is 0.243. The lowest BCUT2D eigenvalue weighted by Gasteiger charge is -2.01. The Bertz CT molecular complexity index is 213. The molecule has 0 amide bonds. The van der Waals surface area contributed by atoms with Gasteiger partial charge in [0, 0.05) is 0 Å². The zero-order chi connectivity index (χ0) is 9.72. The van der Waals surface area contributed by atoms with Gasteiger partial charge in [-0.1, -0.05) is 13.8 Å². The second-order valence-corrected chi connectivity index (χ2v) is 1.94. The Morgan fingerprint density at radius 1 is 1.08 bits per heavy atom. The summed E-state index contributed by atoms with van der Waals surface area (Å²) >= 11 is 0. The highest BCUT2D eigenvalue weighted by Gasteiger charge is 2.12. The third-order valence-electron chi connectivity index (χ3n) is 1.23. The van der Waals surface area contributed by atoms with Gasteiger partial charge >= 0.3 is 6.55 Å². The quantitative estimate of drug-likeness (QED) is 0.659. The predicted molar refractivity (Wildman–Crippen MR) is 42.1 cm³/mol. The monoisotopic (exact) mass is 177 g/mol. The molecule has 1 rings (SSSR count). The molecule has 12 heavy (non-hydrogen) atoms. The Balaban J connectivity index is 0.000000561. The summed E-state index contributed by atoms with van der Waals surface area (Å²) in [7, 11) is 0. The molecule has 3 nitrogen and oxygen atoms in total. The van der Waals surface area contributed by atoms with Gasteiger partial charge in [0.25, 0.3) is 0 Å². The third kappa shape index (κ3) is 2.25. The molecular weight excluding hydrogens is 164 g/mol. The van der Waals surface area contributed by atoms with Gasteiger partial charge in [-0.25, -0.2) is 0 Å². The molecule has 0 saturated carbocycles. The van der Waals surface area contributed by atoms with Gasteiger partial charge in [-0.05, 0) is 13.8 Å². The van der Waals surface area contributed by atoms with E-state index in [1.807, 2.05) is 13.8 Å². The van der Waals surface area contributed by atoms with Gasteiger partial charge in [-0.15, -0.1) is 10.2 Å². The van der Waals surface area contributed by atoms with Crippen molar-refractivity contribution in [2.45, 2.75) is 34.2 Å². The molecule has 1 heterocycles. The minimum atomic E-state index is -2.53. The lowest BCUT2D eigenvalue weighted by atomic mass is 10.6. The summed E-state index contributed by atoms with van der Waals surface area (Å²) < 4.78 is 24.8. The van der Waals surface area contributed by atoms with E-state index in [4.69, 9.17) is 0 Å². The SMILES string of the molecule is CC.Cc1nnc(C)n1C(F)F. The predicted octanol–water partition coefficient (Wildman–Crippen LogP) is 2.32. The highest BCUT2D eigenvalue weighted by atomic mass is 19.3. The summed E-state index contributed by atoms with van der Waals surface area (Å²) in [4.78, 5) is 0. The van der Waals surface area contributed by atoms with Crippen LogP contribution >= 0.6 is 0 Å². The van der Waals surface area contributed by atoms with Crippen LogP contribution < -0.4 is 0 Å². The Hall–Kier alpha value is -1.00. The number of halogens is 2. The van der Waals surface area contributed by atoms with Crippen molar-refractivity contribution in [3.63, 3.8) is 0 Å². The van der Waals surface area contributed by atoms with Gasteiger partial charge in [0.2, 0.25) is 0 Å². The molecule has 0 saturated heterocycles.